The van der Waals surface area contributed by atoms with Gasteiger partial charge in [0.15, 0.2) is 0 Å². The van der Waals surface area contributed by atoms with E-state index in [-0.39, 0.29) is 0 Å². The van der Waals surface area contributed by atoms with Crippen LogP contribution >= 0.6 is 0 Å². The molecule has 1 aliphatic rings. The molecular weight excluding hydrogens is 184 g/mol. The zero-order chi connectivity index (χ0) is 10.7. The van der Waals surface area contributed by atoms with Crippen molar-refractivity contribution in [1.82, 2.24) is 10.3 Å². The van der Waals surface area contributed by atoms with Crippen molar-refractivity contribution in [3.8, 4) is 0 Å². The quantitative estimate of drug-likeness (QED) is 0.801. The molecule has 15 heavy (non-hydrogen) atoms. The molecule has 1 aromatic rings. The first-order chi connectivity index (χ1) is 7.27. The molecule has 0 aliphatic carbocycles. The van der Waals surface area contributed by atoms with Gasteiger partial charge in [-0.1, -0.05) is 19.9 Å². The molecule has 0 aromatic carbocycles. The van der Waals surface area contributed by atoms with Crippen molar-refractivity contribution in [3.05, 3.63) is 29.6 Å². The topological polar surface area (TPSA) is 24.9 Å². The molecule has 0 saturated carbocycles. The molecule has 0 bridgehead atoms. The Morgan fingerprint density at radius 2 is 2.00 bits per heavy atom. The van der Waals surface area contributed by atoms with Crippen LogP contribution in [0.2, 0.25) is 0 Å². The molecule has 2 heteroatoms. The van der Waals surface area contributed by atoms with Crippen molar-refractivity contribution in [2.24, 2.45) is 0 Å². The number of rotatable bonds is 2. The predicted octanol–water partition coefficient (Wildman–Crippen LogP) is 2.67. The summed E-state index contributed by atoms with van der Waals surface area (Å²) in [5.74, 6) is 1.30. The molecule has 1 saturated heterocycles. The van der Waals surface area contributed by atoms with Crippen LogP contribution < -0.4 is 5.32 Å². The standard InChI is InChI=1S/C13H20N2/c1-10(2)12-7-13(9-15-8-12)11-3-5-14-6-4-11/h7-11,14H,3-6H2,1-2H3. The molecule has 0 atom stereocenters. The molecule has 2 nitrogen and oxygen atoms in total. The fourth-order valence-electron chi connectivity index (χ4n) is 2.17. The Balaban J connectivity index is 2.16. The molecule has 2 heterocycles. The fraction of sp³-hybridized carbons (Fsp3) is 0.615. The molecule has 1 fully saturated rings. The molecule has 1 aliphatic heterocycles. The van der Waals surface area contributed by atoms with Gasteiger partial charge < -0.3 is 5.32 Å². The van der Waals surface area contributed by atoms with Gasteiger partial charge in [-0.05, 0) is 48.9 Å². The maximum absolute atomic E-state index is 4.36. The second kappa shape index (κ2) is 4.75. The maximum Gasteiger partial charge on any atom is 0.0302 e. The van der Waals surface area contributed by atoms with Crippen molar-refractivity contribution in [2.75, 3.05) is 13.1 Å². The van der Waals surface area contributed by atoms with E-state index in [1.54, 1.807) is 0 Å². The highest BCUT2D eigenvalue weighted by Crippen LogP contribution is 2.26. The summed E-state index contributed by atoms with van der Waals surface area (Å²) in [5.41, 5.74) is 2.80. The number of nitrogens with zero attached hydrogens (tertiary/aromatic N) is 1. The SMILES string of the molecule is CC(C)c1cncc(C2CCNCC2)c1. The van der Waals surface area contributed by atoms with Gasteiger partial charge >= 0.3 is 0 Å². The van der Waals surface area contributed by atoms with Gasteiger partial charge in [0.25, 0.3) is 0 Å². The van der Waals surface area contributed by atoms with Crippen LogP contribution in [0.15, 0.2) is 18.5 Å². The van der Waals surface area contributed by atoms with Crippen LogP contribution in [-0.4, -0.2) is 18.1 Å². The van der Waals surface area contributed by atoms with Crippen molar-refractivity contribution in [3.63, 3.8) is 0 Å². The van der Waals surface area contributed by atoms with Crippen molar-refractivity contribution < 1.29 is 0 Å². The van der Waals surface area contributed by atoms with Gasteiger partial charge in [-0.2, -0.15) is 0 Å². The number of nitrogens with one attached hydrogen (secondary N) is 1. The highest BCUT2D eigenvalue weighted by Gasteiger charge is 2.15. The molecular formula is C13H20N2. The zero-order valence-corrected chi connectivity index (χ0v) is 9.66. The first-order valence-electron chi connectivity index (χ1n) is 5.93. The number of hydrogen-bond donors (Lipinski definition) is 1. The maximum atomic E-state index is 4.36. The third-order valence-corrected chi connectivity index (χ3v) is 3.26. The minimum absolute atomic E-state index is 0.583. The van der Waals surface area contributed by atoms with Gasteiger partial charge in [-0.25, -0.2) is 0 Å². The highest BCUT2D eigenvalue weighted by atomic mass is 14.9. The van der Waals surface area contributed by atoms with Crippen LogP contribution in [0.25, 0.3) is 0 Å². The number of aromatic nitrogens is 1. The minimum Gasteiger partial charge on any atom is -0.317 e. The summed E-state index contributed by atoms with van der Waals surface area (Å²) >= 11 is 0. The van der Waals surface area contributed by atoms with E-state index in [0.29, 0.717) is 5.92 Å². The summed E-state index contributed by atoms with van der Waals surface area (Å²) in [4.78, 5) is 4.36. The third kappa shape index (κ3) is 2.57. The minimum atomic E-state index is 0.583. The van der Waals surface area contributed by atoms with E-state index in [2.05, 4.69) is 30.2 Å². The Kier molecular flexibility index (Phi) is 3.37. The van der Waals surface area contributed by atoms with Crippen LogP contribution in [-0.2, 0) is 0 Å². The summed E-state index contributed by atoms with van der Waals surface area (Å²) in [7, 11) is 0. The highest BCUT2D eigenvalue weighted by molar-refractivity contribution is 5.24. The van der Waals surface area contributed by atoms with Gasteiger partial charge in [-0.3, -0.25) is 4.98 Å². The van der Waals surface area contributed by atoms with Crippen LogP contribution in [0.4, 0.5) is 0 Å². The Bertz CT molecular complexity index is 314. The number of pyridine rings is 1. The predicted molar refractivity (Wildman–Crippen MR) is 63.2 cm³/mol. The van der Waals surface area contributed by atoms with Gasteiger partial charge in [0.1, 0.15) is 0 Å². The van der Waals surface area contributed by atoms with Crippen molar-refractivity contribution in [1.29, 1.82) is 0 Å². The van der Waals surface area contributed by atoms with E-state index < -0.39 is 0 Å². The molecule has 0 spiro atoms. The lowest BCUT2D eigenvalue weighted by molar-refractivity contribution is 0.459. The number of hydrogen-bond acceptors (Lipinski definition) is 2. The first kappa shape index (κ1) is 10.6. The average Bonchev–Trinajstić information content (AvgIpc) is 2.30. The van der Waals surface area contributed by atoms with Crippen LogP contribution in [0, 0.1) is 0 Å². The second-order valence-electron chi connectivity index (χ2n) is 4.73. The van der Waals surface area contributed by atoms with E-state index in [1.807, 2.05) is 12.4 Å². The zero-order valence-electron chi connectivity index (χ0n) is 9.66. The Hall–Kier alpha value is -0.890. The van der Waals surface area contributed by atoms with Gasteiger partial charge in [0.05, 0.1) is 0 Å². The Morgan fingerprint density at radius 3 is 2.67 bits per heavy atom. The van der Waals surface area contributed by atoms with E-state index in [1.165, 1.54) is 24.0 Å². The van der Waals surface area contributed by atoms with E-state index >= 15 is 0 Å². The van der Waals surface area contributed by atoms with E-state index in [4.69, 9.17) is 0 Å². The summed E-state index contributed by atoms with van der Waals surface area (Å²) in [6, 6.07) is 2.34. The largest absolute Gasteiger partial charge is 0.317 e. The van der Waals surface area contributed by atoms with E-state index in [9.17, 15) is 0 Å². The Morgan fingerprint density at radius 1 is 1.27 bits per heavy atom. The summed E-state index contributed by atoms with van der Waals surface area (Å²) in [5, 5.41) is 3.40. The second-order valence-corrected chi connectivity index (χ2v) is 4.73. The van der Waals surface area contributed by atoms with Gasteiger partial charge in [0, 0.05) is 12.4 Å². The monoisotopic (exact) mass is 204 g/mol. The van der Waals surface area contributed by atoms with Crippen LogP contribution in [0.3, 0.4) is 0 Å². The van der Waals surface area contributed by atoms with Crippen LogP contribution in [0.1, 0.15) is 49.7 Å². The smallest absolute Gasteiger partial charge is 0.0302 e. The molecule has 1 aromatic heterocycles. The lowest BCUT2D eigenvalue weighted by Gasteiger charge is -2.23. The van der Waals surface area contributed by atoms with Gasteiger partial charge in [0.2, 0.25) is 0 Å². The van der Waals surface area contributed by atoms with Crippen molar-refractivity contribution >= 4 is 0 Å². The van der Waals surface area contributed by atoms with Crippen molar-refractivity contribution in [2.45, 2.75) is 38.5 Å². The van der Waals surface area contributed by atoms with E-state index in [0.717, 1.165) is 19.0 Å². The molecule has 1 N–H and O–H groups in total. The molecule has 82 valence electrons. The Labute approximate surface area is 92.1 Å². The third-order valence-electron chi connectivity index (χ3n) is 3.26. The number of piperidine rings is 1. The summed E-state index contributed by atoms with van der Waals surface area (Å²) in [6.07, 6.45) is 6.55. The van der Waals surface area contributed by atoms with Crippen LogP contribution in [0.5, 0.6) is 0 Å². The molecule has 0 unspecified atom stereocenters. The average molecular weight is 204 g/mol. The fourth-order valence-corrected chi connectivity index (χ4v) is 2.17. The lowest BCUT2D eigenvalue weighted by atomic mass is 9.89. The molecule has 0 amide bonds. The summed E-state index contributed by atoms with van der Waals surface area (Å²) < 4.78 is 0. The first-order valence-corrected chi connectivity index (χ1v) is 5.93. The molecule has 2 rings (SSSR count). The lowest BCUT2D eigenvalue weighted by Crippen LogP contribution is -2.26. The van der Waals surface area contributed by atoms with Gasteiger partial charge in [-0.15, -0.1) is 0 Å². The normalized spacial score (nSPS) is 18.3. The molecule has 0 radical (unpaired) electrons. The summed E-state index contributed by atoms with van der Waals surface area (Å²) in [6.45, 7) is 6.75.